The monoisotopic (exact) mass is 320 g/mol. The molecule has 0 aliphatic heterocycles. The van der Waals surface area contributed by atoms with Gasteiger partial charge in [-0.3, -0.25) is 10.00 Å². The fraction of sp³-hybridized carbons (Fsp3) is 0.647. The van der Waals surface area contributed by atoms with Crippen molar-refractivity contribution >= 4 is 11.9 Å². The van der Waals surface area contributed by atoms with Crippen molar-refractivity contribution in [2.45, 2.75) is 52.2 Å². The van der Waals surface area contributed by atoms with E-state index in [1.807, 2.05) is 27.8 Å². The molecule has 0 spiro atoms. The second kappa shape index (κ2) is 7.64. The maximum atomic E-state index is 11.9. The zero-order valence-electron chi connectivity index (χ0n) is 14.6. The topological polar surface area (TPSA) is 68.2 Å². The molecule has 0 fully saturated rings. The Morgan fingerprint density at radius 3 is 2.87 bits per heavy atom. The first-order valence-corrected chi connectivity index (χ1v) is 8.22. The maximum Gasteiger partial charge on any atom is 0.413 e. The smallest absolute Gasteiger partial charge is 0.413 e. The van der Waals surface area contributed by atoms with Crippen LogP contribution in [0.5, 0.6) is 0 Å². The number of carbonyl (C=O) groups is 1. The minimum absolute atomic E-state index is 0.459. The van der Waals surface area contributed by atoms with E-state index in [9.17, 15) is 4.79 Å². The molecule has 6 nitrogen and oxygen atoms in total. The highest BCUT2D eigenvalue weighted by Gasteiger charge is 2.19. The fourth-order valence-corrected chi connectivity index (χ4v) is 2.63. The summed E-state index contributed by atoms with van der Waals surface area (Å²) in [6.45, 7) is 7.19. The van der Waals surface area contributed by atoms with E-state index in [0.29, 0.717) is 18.3 Å². The van der Waals surface area contributed by atoms with Crippen LogP contribution in [0.25, 0.3) is 0 Å². The van der Waals surface area contributed by atoms with Gasteiger partial charge in [0.25, 0.3) is 0 Å². The number of hydrogen-bond acceptors (Lipinski definition) is 4. The van der Waals surface area contributed by atoms with Crippen LogP contribution in [-0.2, 0) is 18.3 Å². The molecular weight excluding hydrogens is 292 g/mol. The van der Waals surface area contributed by atoms with Gasteiger partial charge in [-0.1, -0.05) is 12.2 Å². The highest BCUT2D eigenvalue weighted by Crippen LogP contribution is 2.19. The molecule has 0 bridgehead atoms. The summed E-state index contributed by atoms with van der Waals surface area (Å²) in [4.78, 5) is 11.9. The predicted octanol–water partition coefficient (Wildman–Crippen LogP) is 3.21. The summed E-state index contributed by atoms with van der Waals surface area (Å²) in [5, 5.41) is 10.5. The van der Waals surface area contributed by atoms with Crippen LogP contribution in [0.15, 0.2) is 18.3 Å². The fourth-order valence-electron chi connectivity index (χ4n) is 2.63. The Balaban J connectivity index is 1.87. The largest absolute Gasteiger partial charge is 0.444 e. The van der Waals surface area contributed by atoms with E-state index in [1.54, 1.807) is 10.9 Å². The first kappa shape index (κ1) is 17.5. The number of amides is 1. The van der Waals surface area contributed by atoms with Crippen LogP contribution in [0.4, 0.5) is 10.6 Å². The molecule has 2 N–H and O–H groups in total. The zero-order valence-corrected chi connectivity index (χ0v) is 14.6. The van der Waals surface area contributed by atoms with Gasteiger partial charge in [-0.2, -0.15) is 5.10 Å². The van der Waals surface area contributed by atoms with Crippen LogP contribution in [-0.4, -0.2) is 28.0 Å². The van der Waals surface area contributed by atoms with Crippen LogP contribution >= 0.6 is 0 Å². The summed E-state index contributed by atoms with van der Waals surface area (Å²) in [5.41, 5.74) is 0.444. The van der Waals surface area contributed by atoms with E-state index in [0.717, 1.165) is 18.5 Å². The molecule has 1 aromatic heterocycles. The van der Waals surface area contributed by atoms with E-state index in [2.05, 4.69) is 27.9 Å². The number of ether oxygens (including phenoxy) is 1. The van der Waals surface area contributed by atoms with Crippen LogP contribution in [0, 0.1) is 5.92 Å². The maximum absolute atomic E-state index is 11.9. The molecule has 0 saturated carbocycles. The summed E-state index contributed by atoms with van der Waals surface area (Å²) in [5.74, 6) is 1.37. The standard InChI is InChI=1S/C17H28N4O2/c1-17(2,3)23-16(22)20-15-14(12-19-21(15)4)11-18-10-13-8-6-5-7-9-13/h5-6,12-13,18H,7-11H2,1-4H3,(H,20,22). The summed E-state index contributed by atoms with van der Waals surface area (Å²) in [7, 11) is 1.81. The van der Waals surface area contributed by atoms with E-state index in [1.165, 1.54) is 12.8 Å². The molecule has 1 aliphatic carbocycles. The van der Waals surface area contributed by atoms with Crippen molar-refractivity contribution in [3.63, 3.8) is 0 Å². The third-order valence-electron chi connectivity index (χ3n) is 3.76. The Morgan fingerprint density at radius 2 is 2.22 bits per heavy atom. The number of anilines is 1. The number of allylic oxidation sites excluding steroid dienone is 2. The lowest BCUT2D eigenvalue weighted by atomic mass is 9.94. The Labute approximate surface area is 138 Å². The molecule has 1 aliphatic rings. The molecule has 2 rings (SSSR count). The quantitative estimate of drug-likeness (QED) is 0.818. The second-order valence-electron chi connectivity index (χ2n) is 7.05. The number of carbonyl (C=O) groups excluding carboxylic acids is 1. The van der Waals surface area contributed by atoms with Crippen molar-refractivity contribution in [1.29, 1.82) is 0 Å². The van der Waals surface area contributed by atoms with Crippen molar-refractivity contribution in [1.82, 2.24) is 15.1 Å². The summed E-state index contributed by atoms with van der Waals surface area (Å²) < 4.78 is 6.96. The van der Waals surface area contributed by atoms with Gasteiger partial charge in [-0.15, -0.1) is 0 Å². The van der Waals surface area contributed by atoms with E-state index >= 15 is 0 Å². The number of aryl methyl sites for hydroxylation is 1. The van der Waals surface area contributed by atoms with Gasteiger partial charge in [0.1, 0.15) is 11.4 Å². The molecule has 23 heavy (non-hydrogen) atoms. The molecule has 0 radical (unpaired) electrons. The lowest BCUT2D eigenvalue weighted by Crippen LogP contribution is -2.28. The Kier molecular flexibility index (Phi) is 5.82. The molecule has 1 atom stereocenters. The number of rotatable bonds is 5. The lowest BCUT2D eigenvalue weighted by Gasteiger charge is -2.20. The molecule has 1 aromatic rings. The number of nitrogens with zero attached hydrogens (tertiary/aromatic N) is 2. The molecular formula is C17H28N4O2. The van der Waals surface area contributed by atoms with Gasteiger partial charge >= 0.3 is 6.09 Å². The first-order chi connectivity index (χ1) is 10.8. The van der Waals surface area contributed by atoms with Gasteiger partial charge in [-0.05, 0) is 52.5 Å². The highest BCUT2D eigenvalue weighted by molar-refractivity contribution is 5.84. The molecule has 0 saturated heterocycles. The third kappa shape index (κ3) is 5.71. The Hall–Kier alpha value is -1.82. The SMILES string of the molecule is Cn1ncc(CNCC2CC=CCC2)c1NC(=O)OC(C)(C)C. The van der Waals surface area contributed by atoms with Crippen molar-refractivity contribution in [3.8, 4) is 0 Å². The van der Waals surface area contributed by atoms with Crippen molar-refractivity contribution in [3.05, 3.63) is 23.9 Å². The number of hydrogen-bond donors (Lipinski definition) is 2. The van der Waals surface area contributed by atoms with Gasteiger partial charge in [0.2, 0.25) is 0 Å². The highest BCUT2D eigenvalue weighted by atomic mass is 16.6. The van der Waals surface area contributed by atoms with Gasteiger partial charge in [0.15, 0.2) is 0 Å². The second-order valence-corrected chi connectivity index (χ2v) is 7.05. The molecule has 1 amide bonds. The van der Waals surface area contributed by atoms with E-state index < -0.39 is 11.7 Å². The average molecular weight is 320 g/mol. The summed E-state index contributed by atoms with van der Waals surface area (Å²) >= 11 is 0. The van der Waals surface area contributed by atoms with Gasteiger partial charge < -0.3 is 10.1 Å². The number of aromatic nitrogens is 2. The zero-order chi connectivity index (χ0) is 16.9. The van der Waals surface area contributed by atoms with Crippen LogP contribution in [0.2, 0.25) is 0 Å². The van der Waals surface area contributed by atoms with Crippen molar-refractivity contribution in [2.75, 3.05) is 11.9 Å². The van der Waals surface area contributed by atoms with Crippen molar-refractivity contribution in [2.24, 2.45) is 13.0 Å². The summed E-state index contributed by atoms with van der Waals surface area (Å²) in [6.07, 6.45) is 9.38. The normalized spacial score (nSPS) is 18.0. The summed E-state index contributed by atoms with van der Waals surface area (Å²) in [6, 6.07) is 0. The lowest BCUT2D eigenvalue weighted by molar-refractivity contribution is 0.0634. The molecule has 0 aromatic carbocycles. The predicted molar refractivity (Wildman–Crippen MR) is 91.3 cm³/mol. The molecule has 1 unspecified atom stereocenters. The molecule has 6 heteroatoms. The Morgan fingerprint density at radius 1 is 1.43 bits per heavy atom. The Bertz CT molecular complexity index is 557. The van der Waals surface area contributed by atoms with E-state index in [-0.39, 0.29) is 0 Å². The molecule has 1 heterocycles. The van der Waals surface area contributed by atoms with Gasteiger partial charge in [0, 0.05) is 19.2 Å². The average Bonchev–Trinajstić information content (AvgIpc) is 2.79. The minimum atomic E-state index is -0.518. The third-order valence-corrected chi connectivity index (χ3v) is 3.76. The van der Waals surface area contributed by atoms with Crippen LogP contribution < -0.4 is 10.6 Å². The van der Waals surface area contributed by atoms with Crippen LogP contribution in [0.1, 0.15) is 45.6 Å². The van der Waals surface area contributed by atoms with Crippen LogP contribution in [0.3, 0.4) is 0 Å². The van der Waals surface area contributed by atoms with Gasteiger partial charge in [-0.25, -0.2) is 4.79 Å². The van der Waals surface area contributed by atoms with E-state index in [4.69, 9.17) is 4.74 Å². The first-order valence-electron chi connectivity index (χ1n) is 8.22. The van der Waals surface area contributed by atoms with Gasteiger partial charge in [0.05, 0.1) is 6.20 Å². The molecule has 128 valence electrons. The minimum Gasteiger partial charge on any atom is -0.444 e. The van der Waals surface area contributed by atoms with Crippen molar-refractivity contribution < 1.29 is 9.53 Å². The number of nitrogens with one attached hydrogen (secondary N) is 2.